The number of ether oxygens (including phenoxy) is 1. The predicted octanol–water partition coefficient (Wildman–Crippen LogP) is 1.43. The molecule has 0 saturated carbocycles. The molecule has 1 aliphatic heterocycles. The quantitative estimate of drug-likeness (QED) is 0.680. The highest BCUT2D eigenvalue weighted by molar-refractivity contribution is 7.91. The van der Waals surface area contributed by atoms with E-state index in [2.05, 4.69) is 10.9 Å². The van der Waals surface area contributed by atoms with Crippen molar-refractivity contribution >= 4 is 44.8 Å². The van der Waals surface area contributed by atoms with Crippen molar-refractivity contribution in [2.45, 2.75) is 10.6 Å². The second kappa shape index (κ2) is 9.01. The van der Waals surface area contributed by atoms with Gasteiger partial charge >= 0.3 is 0 Å². The minimum absolute atomic E-state index is 0.0514. The second-order valence-corrected chi connectivity index (χ2v) is 9.69. The smallest absolute Gasteiger partial charge is 0.269 e. The highest BCUT2D eigenvalue weighted by atomic mass is 35.5. The summed E-state index contributed by atoms with van der Waals surface area (Å²) in [6.07, 6.45) is -0.0514. The Labute approximate surface area is 171 Å². The third-order valence-electron chi connectivity index (χ3n) is 3.96. The van der Waals surface area contributed by atoms with Crippen LogP contribution in [0.15, 0.2) is 40.6 Å². The maximum Gasteiger partial charge on any atom is 0.269 e. The summed E-state index contributed by atoms with van der Waals surface area (Å²) in [5, 5.41) is 0.501. The number of amides is 2. The fourth-order valence-electron chi connectivity index (χ4n) is 2.51. The third-order valence-corrected chi connectivity index (χ3v) is 7.66. The molecule has 0 unspecified atom stereocenters. The summed E-state index contributed by atoms with van der Waals surface area (Å²) in [5.74, 6) is -0.939. The molecule has 2 amide bonds. The van der Waals surface area contributed by atoms with Gasteiger partial charge in [0.1, 0.15) is 4.21 Å². The molecule has 0 radical (unpaired) electrons. The monoisotopic (exact) mass is 443 g/mol. The number of halogens is 1. The molecule has 2 aromatic rings. The van der Waals surface area contributed by atoms with Gasteiger partial charge in [-0.3, -0.25) is 20.4 Å². The molecule has 3 rings (SSSR count). The largest absolute Gasteiger partial charge is 0.379 e. The van der Waals surface area contributed by atoms with Gasteiger partial charge in [0.05, 0.1) is 19.6 Å². The van der Waals surface area contributed by atoms with Gasteiger partial charge in [-0.2, -0.15) is 4.31 Å². The van der Waals surface area contributed by atoms with Crippen LogP contribution in [-0.4, -0.2) is 50.8 Å². The molecule has 1 aromatic carbocycles. The number of rotatable bonds is 5. The molecule has 1 fully saturated rings. The maximum absolute atomic E-state index is 12.6. The Kier molecular flexibility index (Phi) is 6.68. The van der Waals surface area contributed by atoms with E-state index in [-0.39, 0.29) is 10.6 Å². The highest BCUT2D eigenvalue weighted by Gasteiger charge is 2.27. The number of benzene rings is 1. The lowest BCUT2D eigenvalue weighted by Gasteiger charge is -2.25. The van der Waals surface area contributed by atoms with Gasteiger partial charge in [0.2, 0.25) is 5.91 Å². The molecule has 0 aliphatic carbocycles. The van der Waals surface area contributed by atoms with Gasteiger partial charge < -0.3 is 4.74 Å². The maximum atomic E-state index is 12.6. The van der Waals surface area contributed by atoms with E-state index in [1.165, 1.54) is 22.5 Å². The highest BCUT2D eigenvalue weighted by Crippen LogP contribution is 2.25. The van der Waals surface area contributed by atoms with Crippen molar-refractivity contribution in [2.75, 3.05) is 26.3 Å². The molecule has 0 bridgehead atoms. The van der Waals surface area contributed by atoms with Crippen molar-refractivity contribution in [3.8, 4) is 0 Å². The van der Waals surface area contributed by atoms with E-state index in [4.69, 9.17) is 16.3 Å². The molecule has 1 saturated heterocycles. The van der Waals surface area contributed by atoms with Crippen molar-refractivity contribution in [3.63, 3.8) is 0 Å². The van der Waals surface area contributed by atoms with E-state index in [1.54, 1.807) is 18.2 Å². The zero-order chi connectivity index (χ0) is 20.1. The van der Waals surface area contributed by atoms with Crippen LogP contribution in [0.2, 0.25) is 5.02 Å². The molecule has 2 N–H and O–H groups in total. The number of nitrogens with one attached hydrogen (secondary N) is 2. The predicted molar refractivity (Wildman–Crippen MR) is 105 cm³/mol. The number of hydrogen-bond donors (Lipinski definition) is 2. The van der Waals surface area contributed by atoms with Gasteiger partial charge in [0.15, 0.2) is 0 Å². The molecule has 1 aliphatic rings. The Balaban J connectivity index is 1.55. The van der Waals surface area contributed by atoms with Gasteiger partial charge in [-0.15, -0.1) is 11.3 Å². The van der Waals surface area contributed by atoms with Gasteiger partial charge in [0, 0.05) is 28.6 Å². The normalized spacial score (nSPS) is 15.2. The summed E-state index contributed by atoms with van der Waals surface area (Å²) in [5.41, 5.74) is 4.97. The number of morpholine rings is 1. The number of hydrogen-bond acceptors (Lipinski definition) is 6. The van der Waals surface area contributed by atoms with Crippen molar-refractivity contribution < 1.29 is 22.7 Å². The Hall–Kier alpha value is -1.98. The summed E-state index contributed by atoms with van der Waals surface area (Å²) < 4.78 is 31.9. The van der Waals surface area contributed by atoms with Crippen molar-refractivity contribution in [1.82, 2.24) is 15.2 Å². The van der Waals surface area contributed by atoms with Crippen LogP contribution in [0.3, 0.4) is 0 Å². The third kappa shape index (κ3) is 5.09. The number of carbonyl (C=O) groups is 2. The first kappa shape index (κ1) is 20.7. The molecule has 0 spiro atoms. The summed E-state index contributed by atoms with van der Waals surface area (Å²) in [7, 11) is -3.58. The van der Waals surface area contributed by atoms with Crippen LogP contribution in [0.25, 0.3) is 0 Å². The molecular weight excluding hydrogens is 426 g/mol. The lowest BCUT2D eigenvalue weighted by molar-refractivity contribution is -0.121. The van der Waals surface area contributed by atoms with E-state index in [1.807, 2.05) is 0 Å². The van der Waals surface area contributed by atoms with Gasteiger partial charge in [-0.05, 0) is 36.4 Å². The first-order valence-corrected chi connectivity index (χ1v) is 11.0. The Morgan fingerprint density at radius 2 is 1.75 bits per heavy atom. The lowest BCUT2D eigenvalue weighted by atomic mass is 10.2. The number of hydrazine groups is 1. The molecule has 0 atom stereocenters. The Bertz CT molecular complexity index is 953. The first-order valence-electron chi connectivity index (χ1n) is 8.37. The van der Waals surface area contributed by atoms with Crippen molar-refractivity contribution in [1.29, 1.82) is 0 Å². The molecule has 150 valence electrons. The van der Waals surface area contributed by atoms with Crippen LogP contribution in [0.4, 0.5) is 0 Å². The molecule has 1 aromatic heterocycles. The SMILES string of the molecule is O=C(Cc1ccc(S(=O)(=O)N2CCOCC2)s1)NNC(=O)c1ccc(Cl)cc1. The van der Waals surface area contributed by atoms with Crippen LogP contribution in [0.5, 0.6) is 0 Å². The lowest BCUT2D eigenvalue weighted by Crippen LogP contribution is -2.42. The van der Waals surface area contributed by atoms with Crippen LogP contribution < -0.4 is 10.9 Å². The number of thiophene rings is 1. The van der Waals surface area contributed by atoms with Gasteiger partial charge in [-0.1, -0.05) is 11.6 Å². The van der Waals surface area contributed by atoms with Gasteiger partial charge in [0.25, 0.3) is 15.9 Å². The number of carbonyl (C=O) groups excluding carboxylic acids is 2. The molecule has 8 nitrogen and oxygen atoms in total. The van der Waals surface area contributed by atoms with Crippen molar-refractivity contribution in [2.24, 2.45) is 0 Å². The minimum atomic E-state index is -3.58. The number of sulfonamides is 1. The average molecular weight is 444 g/mol. The first-order chi connectivity index (χ1) is 13.4. The molecular formula is C17H18ClN3O5S2. The van der Waals surface area contributed by atoms with Crippen LogP contribution in [0.1, 0.15) is 15.2 Å². The van der Waals surface area contributed by atoms with E-state index in [0.717, 1.165) is 11.3 Å². The fraction of sp³-hybridized carbons (Fsp3) is 0.294. The van der Waals surface area contributed by atoms with E-state index >= 15 is 0 Å². The Morgan fingerprint density at radius 3 is 2.43 bits per heavy atom. The van der Waals surface area contributed by atoms with E-state index in [9.17, 15) is 18.0 Å². The van der Waals surface area contributed by atoms with Crippen LogP contribution in [-0.2, 0) is 26.0 Å². The standard InChI is InChI=1S/C17H18ClN3O5S2/c18-13-3-1-12(2-4-13)17(23)20-19-15(22)11-14-5-6-16(27-14)28(24,25)21-7-9-26-10-8-21/h1-6H,7-11H2,(H,19,22)(H,20,23). The zero-order valence-corrected chi connectivity index (χ0v) is 17.1. The summed E-state index contributed by atoms with van der Waals surface area (Å²) in [4.78, 5) is 24.6. The summed E-state index contributed by atoms with van der Waals surface area (Å²) in [6.45, 7) is 1.36. The zero-order valence-electron chi connectivity index (χ0n) is 14.7. The number of nitrogens with zero attached hydrogens (tertiary/aromatic N) is 1. The van der Waals surface area contributed by atoms with Crippen LogP contribution in [0, 0.1) is 0 Å². The molecule has 28 heavy (non-hydrogen) atoms. The van der Waals surface area contributed by atoms with E-state index in [0.29, 0.717) is 41.8 Å². The fourth-order valence-corrected chi connectivity index (χ4v) is 5.55. The molecule has 2 heterocycles. The molecule has 11 heteroatoms. The summed E-state index contributed by atoms with van der Waals surface area (Å²) >= 11 is 6.80. The van der Waals surface area contributed by atoms with E-state index < -0.39 is 21.8 Å². The topological polar surface area (TPSA) is 105 Å². The average Bonchev–Trinajstić information content (AvgIpc) is 3.16. The van der Waals surface area contributed by atoms with Crippen LogP contribution >= 0.6 is 22.9 Å². The second-order valence-electron chi connectivity index (χ2n) is 5.92. The van der Waals surface area contributed by atoms with Crippen molar-refractivity contribution in [3.05, 3.63) is 51.9 Å². The minimum Gasteiger partial charge on any atom is -0.379 e. The Morgan fingerprint density at radius 1 is 1.07 bits per heavy atom. The summed E-state index contributed by atoms with van der Waals surface area (Å²) in [6, 6.07) is 9.29. The van der Waals surface area contributed by atoms with Gasteiger partial charge in [-0.25, -0.2) is 8.42 Å².